The molecule has 3 rings (SSSR count). The highest BCUT2D eigenvalue weighted by Gasteiger charge is 2.24. The second-order valence-electron chi connectivity index (χ2n) is 6.14. The van der Waals surface area contributed by atoms with Gasteiger partial charge in [-0.05, 0) is 43.0 Å². The molecule has 1 unspecified atom stereocenters. The van der Waals surface area contributed by atoms with Gasteiger partial charge in [0.25, 0.3) is 0 Å². The summed E-state index contributed by atoms with van der Waals surface area (Å²) < 4.78 is 50.0. The van der Waals surface area contributed by atoms with Gasteiger partial charge in [0.1, 0.15) is 0 Å². The first-order valence-electron chi connectivity index (χ1n) is 8.03. The zero-order valence-electron chi connectivity index (χ0n) is 13.9. The predicted molar refractivity (Wildman–Crippen MR) is 100 cm³/mol. The Labute approximate surface area is 157 Å². The maximum atomic E-state index is 12.4. The molecule has 1 aliphatic heterocycles. The van der Waals surface area contributed by atoms with E-state index in [-0.39, 0.29) is 15.7 Å². The minimum atomic E-state index is -3.85. The average Bonchev–Trinajstić information content (AvgIpc) is 3.14. The highest BCUT2D eigenvalue weighted by atomic mass is 32.2. The Balaban J connectivity index is 1.63. The van der Waals surface area contributed by atoms with Crippen molar-refractivity contribution in [1.82, 2.24) is 9.71 Å². The van der Waals surface area contributed by atoms with Crippen molar-refractivity contribution in [2.24, 2.45) is 11.1 Å². The molecule has 1 saturated heterocycles. The molecule has 0 radical (unpaired) electrons. The van der Waals surface area contributed by atoms with E-state index in [1.165, 1.54) is 24.3 Å². The molecule has 2 aromatic rings. The van der Waals surface area contributed by atoms with Crippen LogP contribution < -0.4 is 14.8 Å². The Morgan fingerprint density at radius 1 is 1.19 bits per heavy atom. The monoisotopic (exact) mass is 416 g/mol. The van der Waals surface area contributed by atoms with Crippen LogP contribution in [0.15, 0.2) is 45.6 Å². The first kappa shape index (κ1) is 19.2. The van der Waals surface area contributed by atoms with Crippen LogP contribution in [0, 0.1) is 5.92 Å². The standard InChI is InChI=1S/C15H20N4O4S3/c16-25(20,21)13-3-5-14(6-4-13)26(22,23)18-10-12-2-1-8-19(11-12)15-17-7-9-24-15/h3-7,9,12,18H,1-2,8,10-11H2,(H2,16,20,21). The number of primary sulfonamides is 1. The summed E-state index contributed by atoms with van der Waals surface area (Å²) in [7, 11) is -7.56. The third-order valence-electron chi connectivity index (χ3n) is 4.23. The third kappa shape index (κ3) is 4.60. The summed E-state index contributed by atoms with van der Waals surface area (Å²) in [6, 6.07) is 4.86. The predicted octanol–water partition coefficient (Wildman–Crippen LogP) is 0.985. The molecule has 0 aliphatic carbocycles. The fourth-order valence-corrected chi connectivity index (χ4v) is 5.21. The number of rotatable bonds is 6. The quantitative estimate of drug-likeness (QED) is 0.724. The molecule has 8 nitrogen and oxygen atoms in total. The molecule has 26 heavy (non-hydrogen) atoms. The second-order valence-corrected chi connectivity index (χ2v) is 10.3. The lowest BCUT2D eigenvalue weighted by atomic mass is 9.99. The summed E-state index contributed by atoms with van der Waals surface area (Å²) >= 11 is 1.57. The zero-order chi connectivity index (χ0) is 18.8. The van der Waals surface area contributed by atoms with Crippen molar-refractivity contribution in [1.29, 1.82) is 0 Å². The third-order valence-corrected chi connectivity index (χ3v) is 7.43. The molecule has 1 aliphatic rings. The molecular weight excluding hydrogens is 396 g/mol. The van der Waals surface area contributed by atoms with Gasteiger partial charge in [0, 0.05) is 31.2 Å². The Kier molecular flexibility index (Phi) is 5.63. The van der Waals surface area contributed by atoms with Crippen molar-refractivity contribution in [2.45, 2.75) is 22.6 Å². The van der Waals surface area contributed by atoms with Gasteiger partial charge in [-0.3, -0.25) is 0 Å². The molecule has 1 aromatic carbocycles. The molecule has 0 saturated carbocycles. The summed E-state index contributed by atoms with van der Waals surface area (Å²) in [6.45, 7) is 1.99. The van der Waals surface area contributed by atoms with E-state index in [2.05, 4.69) is 14.6 Å². The SMILES string of the molecule is NS(=O)(=O)c1ccc(S(=O)(=O)NCC2CCCN(c3nccs3)C2)cc1. The number of hydrogen-bond donors (Lipinski definition) is 2. The van der Waals surface area contributed by atoms with E-state index < -0.39 is 20.0 Å². The van der Waals surface area contributed by atoms with Gasteiger partial charge < -0.3 is 4.90 Å². The van der Waals surface area contributed by atoms with Crippen LogP contribution in [0.5, 0.6) is 0 Å². The van der Waals surface area contributed by atoms with Crippen molar-refractivity contribution in [3.05, 3.63) is 35.8 Å². The number of nitrogens with two attached hydrogens (primary N) is 1. The van der Waals surface area contributed by atoms with Crippen molar-refractivity contribution < 1.29 is 16.8 Å². The number of sulfonamides is 2. The zero-order valence-corrected chi connectivity index (χ0v) is 16.4. The lowest BCUT2D eigenvalue weighted by Gasteiger charge is -2.32. The molecule has 0 amide bonds. The second kappa shape index (κ2) is 7.61. The molecule has 3 N–H and O–H groups in total. The van der Waals surface area contributed by atoms with Crippen LogP contribution in [0.1, 0.15) is 12.8 Å². The summed E-state index contributed by atoms with van der Waals surface area (Å²) in [4.78, 5) is 6.37. The van der Waals surface area contributed by atoms with E-state index in [4.69, 9.17) is 5.14 Å². The van der Waals surface area contributed by atoms with Crippen LogP contribution in [0.2, 0.25) is 0 Å². The fourth-order valence-electron chi connectivity index (χ4n) is 2.90. The van der Waals surface area contributed by atoms with Gasteiger partial charge in [-0.15, -0.1) is 11.3 Å². The topological polar surface area (TPSA) is 122 Å². The van der Waals surface area contributed by atoms with Crippen molar-refractivity contribution >= 4 is 36.5 Å². The summed E-state index contributed by atoms with van der Waals surface area (Å²) in [6.07, 6.45) is 3.68. The van der Waals surface area contributed by atoms with Gasteiger partial charge in [0.15, 0.2) is 5.13 Å². The van der Waals surface area contributed by atoms with Crippen molar-refractivity contribution in [2.75, 3.05) is 24.5 Å². The molecular formula is C15H20N4O4S3. The van der Waals surface area contributed by atoms with Crippen LogP contribution in [0.4, 0.5) is 5.13 Å². The summed E-state index contributed by atoms with van der Waals surface area (Å²) in [5.41, 5.74) is 0. The molecule has 11 heteroatoms. The van der Waals surface area contributed by atoms with Gasteiger partial charge >= 0.3 is 0 Å². The number of benzene rings is 1. The van der Waals surface area contributed by atoms with Crippen LogP contribution >= 0.6 is 11.3 Å². The van der Waals surface area contributed by atoms with Gasteiger partial charge in [-0.25, -0.2) is 31.7 Å². The minimum absolute atomic E-state index is 0.0116. The smallest absolute Gasteiger partial charge is 0.240 e. The normalized spacial score (nSPS) is 18.8. The Morgan fingerprint density at radius 2 is 1.88 bits per heavy atom. The largest absolute Gasteiger partial charge is 0.348 e. The van der Waals surface area contributed by atoms with Gasteiger partial charge in [0.2, 0.25) is 20.0 Å². The lowest BCUT2D eigenvalue weighted by molar-refractivity contribution is 0.410. The molecule has 0 bridgehead atoms. The highest BCUT2D eigenvalue weighted by molar-refractivity contribution is 7.89. The summed E-state index contributed by atoms with van der Waals surface area (Å²) in [5.74, 6) is 0.186. The molecule has 142 valence electrons. The molecule has 0 spiro atoms. The fraction of sp³-hybridized carbons (Fsp3) is 0.400. The molecule has 1 atom stereocenters. The van der Waals surface area contributed by atoms with Crippen LogP contribution in [0.3, 0.4) is 0 Å². The van der Waals surface area contributed by atoms with E-state index in [9.17, 15) is 16.8 Å². The highest BCUT2D eigenvalue weighted by Crippen LogP contribution is 2.24. The number of thiazole rings is 1. The van der Waals surface area contributed by atoms with Gasteiger partial charge in [-0.1, -0.05) is 0 Å². The van der Waals surface area contributed by atoms with Crippen LogP contribution in [-0.2, 0) is 20.0 Å². The number of piperidine rings is 1. The van der Waals surface area contributed by atoms with Crippen molar-refractivity contribution in [3.63, 3.8) is 0 Å². The number of hydrogen-bond acceptors (Lipinski definition) is 7. The average molecular weight is 417 g/mol. The first-order chi connectivity index (χ1) is 12.3. The Morgan fingerprint density at radius 3 is 2.50 bits per heavy atom. The van der Waals surface area contributed by atoms with E-state index in [0.29, 0.717) is 6.54 Å². The number of nitrogens with zero attached hydrogens (tertiary/aromatic N) is 2. The van der Waals surface area contributed by atoms with E-state index in [1.54, 1.807) is 17.5 Å². The number of aromatic nitrogens is 1. The number of anilines is 1. The van der Waals surface area contributed by atoms with E-state index >= 15 is 0 Å². The lowest BCUT2D eigenvalue weighted by Crippen LogP contribution is -2.41. The summed E-state index contributed by atoms with van der Waals surface area (Å²) in [5, 5.41) is 7.90. The first-order valence-corrected chi connectivity index (χ1v) is 11.9. The van der Waals surface area contributed by atoms with Crippen LogP contribution in [-0.4, -0.2) is 41.5 Å². The van der Waals surface area contributed by atoms with Crippen molar-refractivity contribution in [3.8, 4) is 0 Å². The van der Waals surface area contributed by atoms with Gasteiger partial charge in [0.05, 0.1) is 9.79 Å². The Bertz CT molecular complexity index is 941. The van der Waals surface area contributed by atoms with E-state index in [1.807, 2.05) is 5.38 Å². The van der Waals surface area contributed by atoms with Gasteiger partial charge in [-0.2, -0.15) is 0 Å². The number of nitrogens with one attached hydrogen (secondary N) is 1. The molecule has 1 aromatic heterocycles. The maximum absolute atomic E-state index is 12.4. The van der Waals surface area contributed by atoms with E-state index in [0.717, 1.165) is 31.1 Å². The minimum Gasteiger partial charge on any atom is -0.348 e. The molecule has 2 heterocycles. The Hall–Kier alpha value is -1.53. The molecule has 1 fully saturated rings. The van der Waals surface area contributed by atoms with Crippen LogP contribution in [0.25, 0.3) is 0 Å². The maximum Gasteiger partial charge on any atom is 0.240 e.